The Morgan fingerprint density at radius 2 is 1.60 bits per heavy atom. The SMILES string of the molecule is Nc1ccc(Oc2cccc3sncc23)c(C(F)(F)F)c1.O=[N+]([O-])c1ccc(F)c(C(F)(F)F)c1. The summed E-state index contributed by atoms with van der Waals surface area (Å²) < 4.78 is 98.1. The minimum absolute atomic E-state index is 0.0325. The van der Waals surface area contributed by atoms with Crippen LogP contribution in [-0.4, -0.2) is 9.30 Å². The lowest BCUT2D eigenvalue weighted by molar-refractivity contribution is -0.385. The first-order chi connectivity index (χ1) is 16.3. The molecule has 0 unspecified atom stereocenters. The number of fused-ring (bicyclic) bond motifs is 1. The normalized spacial score (nSPS) is 11.6. The van der Waals surface area contributed by atoms with Crippen LogP contribution in [0.2, 0.25) is 0 Å². The van der Waals surface area contributed by atoms with Crippen molar-refractivity contribution in [1.29, 1.82) is 0 Å². The molecule has 0 aliphatic rings. The van der Waals surface area contributed by atoms with Crippen molar-refractivity contribution >= 4 is 33.0 Å². The summed E-state index contributed by atoms with van der Waals surface area (Å²) in [5, 5.41) is 10.8. The fraction of sp³-hybridized carbons (Fsp3) is 0.0952. The van der Waals surface area contributed by atoms with Crippen molar-refractivity contribution in [3.8, 4) is 11.5 Å². The van der Waals surface area contributed by atoms with E-state index in [0.29, 0.717) is 23.3 Å². The lowest BCUT2D eigenvalue weighted by atomic mass is 10.1. The molecule has 1 aromatic heterocycles. The molecule has 0 atom stereocenters. The molecule has 6 nitrogen and oxygen atoms in total. The number of ether oxygens (including phenoxy) is 1. The van der Waals surface area contributed by atoms with Gasteiger partial charge in [-0.3, -0.25) is 10.1 Å². The molecule has 3 aromatic carbocycles. The molecule has 2 N–H and O–H groups in total. The molecule has 184 valence electrons. The summed E-state index contributed by atoms with van der Waals surface area (Å²) in [7, 11) is 0. The summed E-state index contributed by atoms with van der Waals surface area (Å²) in [6.07, 6.45) is -7.89. The van der Waals surface area contributed by atoms with Gasteiger partial charge in [0.1, 0.15) is 22.9 Å². The van der Waals surface area contributed by atoms with Crippen LogP contribution in [0.25, 0.3) is 10.1 Å². The molecule has 0 aliphatic heterocycles. The molecule has 35 heavy (non-hydrogen) atoms. The Morgan fingerprint density at radius 3 is 2.23 bits per heavy atom. The number of nitrogens with two attached hydrogens (primary N) is 1. The number of halogens is 7. The molecule has 1 heterocycles. The van der Waals surface area contributed by atoms with Crippen LogP contribution < -0.4 is 10.5 Å². The Labute approximate surface area is 195 Å². The number of anilines is 1. The van der Waals surface area contributed by atoms with Crippen molar-refractivity contribution in [2.45, 2.75) is 12.4 Å². The van der Waals surface area contributed by atoms with E-state index in [2.05, 4.69) is 4.37 Å². The van der Waals surface area contributed by atoms with E-state index >= 15 is 0 Å². The van der Waals surface area contributed by atoms with Crippen molar-refractivity contribution in [3.05, 3.63) is 87.9 Å². The zero-order valence-corrected chi connectivity index (χ0v) is 17.8. The number of aromatic nitrogens is 1. The molecule has 4 rings (SSSR count). The number of hydrogen-bond donors (Lipinski definition) is 1. The highest BCUT2D eigenvalue weighted by Gasteiger charge is 2.36. The number of alkyl halides is 6. The molecule has 0 bridgehead atoms. The highest BCUT2D eigenvalue weighted by atomic mass is 32.1. The van der Waals surface area contributed by atoms with Gasteiger partial charge in [0, 0.05) is 17.8 Å². The van der Waals surface area contributed by atoms with Gasteiger partial charge >= 0.3 is 12.4 Å². The Morgan fingerprint density at radius 1 is 0.914 bits per heavy atom. The molecule has 0 saturated heterocycles. The molecular formula is C21H12F7N3O3S. The molecule has 0 aliphatic carbocycles. The average molecular weight is 519 g/mol. The van der Waals surface area contributed by atoms with Crippen molar-refractivity contribution in [2.75, 3.05) is 5.73 Å². The number of nitro benzene ring substituents is 1. The van der Waals surface area contributed by atoms with E-state index in [0.717, 1.165) is 10.8 Å². The number of nitrogens with zero attached hydrogens (tertiary/aromatic N) is 2. The van der Waals surface area contributed by atoms with Crippen LogP contribution in [0.4, 0.5) is 42.1 Å². The van der Waals surface area contributed by atoms with Crippen LogP contribution in [-0.2, 0) is 12.4 Å². The van der Waals surface area contributed by atoms with E-state index in [4.69, 9.17) is 10.5 Å². The summed E-state index contributed by atoms with van der Waals surface area (Å²) in [4.78, 5) is 9.09. The minimum atomic E-state index is -4.92. The second kappa shape index (κ2) is 9.74. The molecule has 0 spiro atoms. The summed E-state index contributed by atoms with van der Waals surface area (Å²) in [5.41, 5.74) is 2.13. The molecule has 14 heteroatoms. The molecule has 0 amide bonds. The number of non-ortho nitro benzene ring substituents is 1. The Bertz CT molecular complexity index is 1370. The molecule has 4 aromatic rings. The zero-order valence-electron chi connectivity index (χ0n) is 17.0. The first kappa shape index (κ1) is 25.7. The van der Waals surface area contributed by atoms with Crippen LogP contribution in [0.1, 0.15) is 11.1 Å². The average Bonchev–Trinajstić information content (AvgIpc) is 3.24. The fourth-order valence-corrected chi connectivity index (χ4v) is 3.44. The zero-order chi connectivity index (χ0) is 26.0. The van der Waals surface area contributed by atoms with Crippen LogP contribution in [0, 0.1) is 15.9 Å². The quantitative estimate of drug-likeness (QED) is 0.131. The van der Waals surface area contributed by atoms with Crippen LogP contribution in [0.5, 0.6) is 11.5 Å². The Balaban J connectivity index is 0.000000214. The van der Waals surface area contributed by atoms with E-state index in [1.165, 1.54) is 23.7 Å². The number of nitro groups is 1. The van der Waals surface area contributed by atoms with Gasteiger partial charge < -0.3 is 10.5 Å². The number of nitrogen functional groups attached to an aromatic ring is 1. The predicted octanol–water partition coefficient (Wildman–Crippen LogP) is 7.44. The molecule has 0 fully saturated rings. The molecule has 0 saturated carbocycles. The van der Waals surface area contributed by atoms with Gasteiger partial charge in [0.05, 0.1) is 26.8 Å². The van der Waals surface area contributed by atoms with E-state index < -0.39 is 39.9 Å². The highest BCUT2D eigenvalue weighted by molar-refractivity contribution is 7.13. The number of hydrogen-bond acceptors (Lipinski definition) is 6. The van der Waals surface area contributed by atoms with Gasteiger partial charge in [-0.25, -0.2) is 4.39 Å². The van der Waals surface area contributed by atoms with Crippen LogP contribution in [0.3, 0.4) is 0 Å². The third-order valence-corrected chi connectivity index (χ3v) is 5.12. The summed E-state index contributed by atoms with van der Waals surface area (Å²) in [6, 6.07) is 9.84. The van der Waals surface area contributed by atoms with Gasteiger partial charge in [0.2, 0.25) is 0 Å². The van der Waals surface area contributed by atoms with Gasteiger partial charge in [0.25, 0.3) is 5.69 Å². The number of benzene rings is 3. The summed E-state index contributed by atoms with van der Waals surface area (Å²) in [6.45, 7) is 0. The van der Waals surface area contributed by atoms with Crippen molar-refractivity contribution in [3.63, 3.8) is 0 Å². The monoisotopic (exact) mass is 519 g/mol. The molecule has 0 radical (unpaired) electrons. The first-order valence-electron chi connectivity index (χ1n) is 9.26. The van der Waals surface area contributed by atoms with Gasteiger partial charge in [-0.2, -0.15) is 30.7 Å². The Hall–Kier alpha value is -3.94. The van der Waals surface area contributed by atoms with Gasteiger partial charge in [-0.05, 0) is 47.9 Å². The van der Waals surface area contributed by atoms with Crippen LogP contribution in [0.15, 0.2) is 60.8 Å². The van der Waals surface area contributed by atoms with Crippen LogP contribution >= 0.6 is 11.5 Å². The third-order valence-electron chi connectivity index (χ3n) is 4.35. The lowest BCUT2D eigenvalue weighted by Gasteiger charge is -2.14. The van der Waals surface area contributed by atoms with Crippen molar-refractivity contribution < 1.29 is 40.4 Å². The maximum absolute atomic E-state index is 13.0. The largest absolute Gasteiger partial charge is 0.456 e. The van der Waals surface area contributed by atoms with E-state index in [1.54, 1.807) is 18.3 Å². The minimum Gasteiger partial charge on any atom is -0.456 e. The van der Waals surface area contributed by atoms with Crippen molar-refractivity contribution in [2.24, 2.45) is 0 Å². The van der Waals surface area contributed by atoms with E-state index in [9.17, 15) is 40.8 Å². The topological polar surface area (TPSA) is 91.3 Å². The van der Waals surface area contributed by atoms with E-state index in [-0.39, 0.29) is 17.5 Å². The third kappa shape index (κ3) is 6.15. The van der Waals surface area contributed by atoms with Crippen molar-refractivity contribution in [1.82, 2.24) is 4.37 Å². The second-order valence-corrected chi connectivity index (χ2v) is 7.60. The maximum atomic E-state index is 13.0. The summed E-state index contributed by atoms with van der Waals surface area (Å²) >= 11 is 1.25. The highest BCUT2D eigenvalue weighted by Crippen LogP contribution is 2.41. The smallest absolute Gasteiger partial charge is 0.420 e. The van der Waals surface area contributed by atoms with E-state index in [1.807, 2.05) is 6.07 Å². The maximum Gasteiger partial charge on any atom is 0.420 e. The summed E-state index contributed by atoms with van der Waals surface area (Å²) in [5.74, 6) is -1.48. The van der Waals surface area contributed by atoms with Gasteiger partial charge in [-0.15, -0.1) is 0 Å². The van der Waals surface area contributed by atoms with Gasteiger partial charge in [-0.1, -0.05) is 6.07 Å². The predicted molar refractivity (Wildman–Crippen MR) is 114 cm³/mol. The van der Waals surface area contributed by atoms with Gasteiger partial charge in [0.15, 0.2) is 0 Å². The standard InChI is InChI=1S/C14H9F3N2OS.C7H3F4NO2/c15-14(16,17)10-6-8(18)4-5-12(10)20-11-2-1-3-13-9(11)7-19-21-13;8-6-2-1-4(12(13)14)3-5(6)7(9,10)11/h1-7H,18H2;1-3H. The second-order valence-electron chi connectivity index (χ2n) is 6.77. The lowest BCUT2D eigenvalue weighted by Crippen LogP contribution is -2.08. The number of rotatable bonds is 3. The first-order valence-corrected chi connectivity index (χ1v) is 10.0. The Kier molecular flexibility index (Phi) is 7.14. The fourth-order valence-electron chi connectivity index (χ4n) is 2.78. The molecular weight excluding hydrogens is 507 g/mol.